The molecular formula is C12H14N2O3. The van der Waals surface area contributed by atoms with Crippen molar-refractivity contribution >= 4 is 5.91 Å². The van der Waals surface area contributed by atoms with Crippen molar-refractivity contribution in [3.8, 4) is 11.5 Å². The second-order valence-corrected chi connectivity index (χ2v) is 3.53. The van der Waals surface area contributed by atoms with Gasteiger partial charge in [-0.25, -0.2) is 0 Å². The molecular weight excluding hydrogens is 220 g/mol. The van der Waals surface area contributed by atoms with E-state index in [1.807, 2.05) is 13.8 Å². The Labute approximate surface area is 99.0 Å². The maximum Gasteiger partial charge on any atom is 0.276 e. The average molecular weight is 234 g/mol. The number of hydrogen-bond donors (Lipinski definition) is 0. The highest BCUT2D eigenvalue weighted by molar-refractivity contribution is 5.92. The van der Waals surface area contributed by atoms with Crippen LogP contribution in [-0.4, -0.2) is 29.1 Å². The zero-order valence-electron chi connectivity index (χ0n) is 9.84. The van der Waals surface area contributed by atoms with Crippen molar-refractivity contribution in [1.29, 1.82) is 0 Å². The van der Waals surface area contributed by atoms with E-state index in [0.29, 0.717) is 30.3 Å². The molecule has 0 aliphatic carbocycles. The van der Waals surface area contributed by atoms with Gasteiger partial charge in [-0.05, 0) is 26.0 Å². The molecule has 17 heavy (non-hydrogen) atoms. The molecule has 2 aromatic rings. The Hall–Kier alpha value is -2.04. The molecule has 2 aromatic heterocycles. The number of rotatable bonds is 4. The first-order valence-corrected chi connectivity index (χ1v) is 5.56. The van der Waals surface area contributed by atoms with Gasteiger partial charge in [0.25, 0.3) is 5.91 Å². The van der Waals surface area contributed by atoms with E-state index in [9.17, 15) is 4.79 Å². The lowest BCUT2D eigenvalue weighted by Gasteiger charge is -2.16. The Morgan fingerprint density at radius 1 is 1.35 bits per heavy atom. The monoisotopic (exact) mass is 234 g/mol. The van der Waals surface area contributed by atoms with Gasteiger partial charge in [-0.1, -0.05) is 5.16 Å². The quantitative estimate of drug-likeness (QED) is 0.815. The first-order chi connectivity index (χ1) is 8.26. The molecule has 0 unspecified atom stereocenters. The van der Waals surface area contributed by atoms with Crippen LogP contribution in [-0.2, 0) is 0 Å². The summed E-state index contributed by atoms with van der Waals surface area (Å²) in [6.07, 6.45) is 1.55. The molecule has 0 radical (unpaired) electrons. The summed E-state index contributed by atoms with van der Waals surface area (Å²) in [4.78, 5) is 13.6. The van der Waals surface area contributed by atoms with Crippen molar-refractivity contribution in [3.63, 3.8) is 0 Å². The number of amides is 1. The molecule has 90 valence electrons. The van der Waals surface area contributed by atoms with Crippen LogP contribution in [0.1, 0.15) is 24.3 Å². The third-order valence-electron chi connectivity index (χ3n) is 2.54. The third-order valence-corrected chi connectivity index (χ3v) is 2.54. The maximum atomic E-state index is 12.0. The zero-order chi connectivity index (χ0) is 12.3. The highest BCUT2D eigenvalue weighted by Gasteiger charge is 2.18. The van der Waals surface area contributed by atoms with Gasteiger partial charge >= 0.3 is 0 Å². The summed E-state index contributed by atoms with van der Waals surface area (Å²) in [5.74, 6) is 0.901. The number of carbonyl (C=O) groups is 1. The van der Waals surface area contributed by atoms with E-state index in [1.165, 1.54) is 0 Å². The summed E-state index contributed by atoms with van der Waals surface area (Å²) in [6.45, 7) is 5.15. The van der Waals surface area contributed by atoms with Gasteiger partial charge in [0, 0.05) is 19.2 Å². The number of aromatic nitrogens is 1. The molecule has 0 bridgehead atoms. The van der Waals surface area contributed by atoms with Crippen LogP contribution in [0.5, 0.6) is 0 Å². The second kappa shape index (κ2) is 4.86. The molecule has 0 spiro atoms. The van der Waals surface area contributed by atoms with E-state index in [-0.39, 0.29) is 5.91 Å². The number of hydrogen-bond acceptors (Lipinski definition) is 4. The molecule has 5 heteroatoms. The summed E-state index contributed by atoms with van der Waals surface area (Å²) < 4.78 is 10.2. The van der Waals surface area contributed by atoms with Crippen LogP contribution in [0.15, 0.2) is 33.4 Å². The van der Waals surface area contributed by atoms with Gasteiger partial charge in [0.05, 0.1) is 6.26 Å². The largest absolute Gasteiger partial charge is 0.461 e. The lowest BCUT2D eigenvalue weighted by molar-refractivity contribution is 0.0762. The van der Waals surface area contributed by atoms with Crippen molar-refractivity contribution in [1.82, 2.24) is 10.1 Å². The molecule has 2 heterocycles. The van der Waals surface area contributed by atoms with Crippen LogP contribution in [0.2, 0.25) is 0 Å². The van der Waals surface area contributed by atoms with Gasteiger partial charge in [-0.3, -0.25) is 4.79 Å². The fourth-order valence-corrected chi connectivity index (χ4v) is 1.58. The Morgan fingerprint density at radius 2 is 2.12 bits per heavy atom. The van der Waals surface area contributed by atoms with Gasteiger partial charge in [0.2, 0.25) is 5.76 Å². The molecule has 0 saturated carbocycles. The van der Waals surface area contributed by atoms with E-state index >= 15 is 0 Å². The molecule has 0 aliphatic heterocycles. The molecule has 0 fully saturated rings. The van der Waals surface area contributed by atoms with Gasteiger partial charge in [0.15, 0.2) is 11.5 Å². The second-order valence-electron chi connectivity index (χ2n) is 3.53. The number of nitrogens with zero attached hydrogens (tertiary/aromatic N) is 2. The summed E-state index contributed by atoms with van der Waals surface area (Å²) in [5.41, 5.74) is 0.306. The van der Waals surface area contributed by atoms with Crippen molar-refractivity contribution < 1.29 is 13.7 Å². The third kappa shape index (κ3) is 2.22. The van der Waals surface area contributed by atoms with Gasteiger partial charge in [-0.15, -0.1) is 0 Å². The first kappa shape index (κ1) is 11.4. The molecule has 0 aromatic carbocycles. The highest BCUT2D eigenvalue weighted by Crippen LogP contribution is 2.21. The van der Waals surface area contributed by atoms with E-state index in [0.717, 1.165) is 0 Å². The van der Waals surface area contributed by atoms with Crippen LogP contribution < -0.4 is 0 Å². The Bertz CT molecular complexity index is 484. The lowest BCUT2D eigenvalue weighted by atomic mass is 10.3. The SMILES string of the molecule is CCN(CC)C(=O)c1cc(-c2ccco2)on1. The topological polar surface area (TPSA) is 59.5 Å². The van der Waals surface area contributed by atoms with Crippen molar-refractivity contribution in [2.75, 3.05) is 13.1 Å². The first-order valence-electron chi connectivity index (χ1n) is 5.56. The molecule has 2 rings (SSSR count). The Morgan fingerprint density at radius 3 is 2.71 bits per heavy atom. The van der Waals surface area contributed by atoms with E-state index in [1.54, 1.807) is 29.4 Å². The number of carbonyl (C=O) groups excluding carboxylic acids is 1. The van der Waals surface area contributed by atoms with Crippen LogP contribution in [0.3, 0.4) is 0 Å². The van der Waals surface area contributed by atoms with Crippen molar-refractivity contribution in [2.24, 2.45) is 0 Å². The van der Waals surface area contributed by atoms with Gasteiger partial charge in [0.1, 0.15) is 0 Å². The summed E-state index contributed by atoms with van der Waals surface area (Å²) in [7, 11) is 0. The van der Waals surface area contributed by atoms with Crippen LogP contribution in [0, 0.1) is 0 Å². The predicted molar refractivity (Wildman–Crippen MR) is 61.5 cm³/mol. The molecule has 0 N–H and O–H groups in total. The van der Waals surface area contributed by atoms with E-state index in [2.05, 4.69) is 5.16 Å². The minimum absolute atomic E-state index is 0.128. The van der Waals surface area contributed by atoms with Crippen molar-refractivity contribution in [2.45, 2.75) is 13.8 Å². The van der Waals surface area contributed by atoms with Crippen molar-refractivity contribution in [3.05, 3.63) is 30.2 Å². The van der Waals surface area contributed by atoms with E-state index in [4.69, 9.17) is 8.94 Å². The van der Waals surface area contributed by atoms with Crippen LogP contribution >= 0.6 is 0 Å². The lowest BCUT2D eigenvalue weighted by Crippen LogP contribution is -2.30. The summed E-state index contributed by atoms with van der Waals surface area (Å²) in [5, 5.41) is 3.76. The van der Waals surface area contributed by atoms with E-state index < -0.39 is 0 Å². The van der Waals surface area contributed by atoms with Gasteiger partial charge in [-0.2, -0.15) is 0 Å². The zero-order valence-corrected chi connectivity index (χ0v) is 9.84. The normalized spacial score (nSPS) is 10.5. The standard InChI is InChI=1S/C12H14N2O3/c1-3-14(4-2)12(15)9-8-11(17-13-9)10-6-5-7-16-10/h5-8H,3-4H2,1-2H3. The minimum atomic E-state index is -0.128. The smallest absolute Gasteiger partial charge is 0.276 e. The summed E-state index contributed by atoms with van der Waals surface area (Å²) >= 11 is 0. The Balaban J connectivity index is 2.21. The molecule has 1 amide bonds. The van der Waals surface area contributed by atoms with Crippen LogP contribution in [0.25, 0.3) is 11.5 Å². The molecule has 0 saturated heterocycles. The Kier molecular flexibility index (Phi) is 3.27. The molecule has 0 atom stereocenters. The minimum Gasteiger partial charge on any atom is -0.461 e. The maximum absolute atomic E-state index is 12.0. The molecule has 5 nitrogen and oxygen atoms in total. The predicted octanol–water partition coefficient (Wildman–Crippen LogP) is 2.42. The summed E-state index contributed by atoms with van der Waals surface area (Å²) in [6, 6.07) is 5.11. The fourth-order valence-electron chi connectivity index (χ4n) is 1.58. The number of furan rings is 1. The molecule has 0 aliphatic rings. The average Bonchev–Trinajstić information content (AvgIpc) is 3.01. The highest BCUT2D eigenvalue weighted by atomic mass is 16.5. The van der Waals surface area contributed by atoms with Gasteiger partial charge < -0.3 is 13.8 Å². The fraction of sp³-hybridized carbons (Fsp3) is 0.333. The van der Waals surface area contributed by atoms with Crippen LogP contribution in [0.4, 0.5) is 0 Å².